The van der Waals surface area contributed by atoms with Gasteiger partial charge in [-0.15, -0.1) is 0 Å². The maximum Gasteiger partial charge on any atom is 0.340 e. The molecule has 2 N–H and O–H groups in total. The van der Waals surface area contributed by atoms with Crippen molar-refractivity contribution in [1.29, 1.82) is 0 Å². The summed E-state index contributed by atoms with van der Waals surface area (Å²) in [7, 11) is 1.33. The highest BCUT2D eigenvalue weighted by Crippen LogP contribution is 2.28. The number of nitrogens with two attached hydrogens (primary N) is 1. The number of ether oxygens (including phenoxy) is 2. The molecule has 0 atom stereocenters. The van der Waals surface area contributed by atoms with Crippen LogP contribution in [0.1, 0.15) is 43.1 Å². The van der Waals surface area contributed by atoms with Crippen molar-refractivity contribution in [2.45, 2.75) is 32.6 Å². The first-order chi connectivity index (χ1) is 9.34. The summed E-state index contributed by atoms with van der Waals surface area (Å²) < 4.78 is 9.86. The van der Waals surface area contributed by atoms with E-state index >= 15 is 0 Å². The lowest BCUT2D eigenvalue weighted by atomic mass is 9.83. The summed E-state index contributed by atoms with van der Waals surface area (Å²) in [5.74, 6) is -0.859. The first-order valence-corrected chi connectivity index (χ1v) is 6.50. The second kappa shape index (κ2) is 6.41. The second-order valence-electron chi connectivity index (χ2n) is 5.05. The zero-order valence-corrected chi connectivity index (χ0v) is 12.4. The number of hydrogen-bond donors (Lipinski definition) is 1. The Bertz CT molecular complexity index is 509. The number of anilines is 1. The number of esters is 2. The molecule has 0 heterocycles. The van der Waals surface area contributed by atoms with Gasteiger partial charge in [0.25, 0.3) is 0 Å². The summed E-state index contributed by atoms with van der Waals surface area (Å²) in [6.45, 7) is 5.70. The van der Waals surface area contributed by atoms with Gasteiger partial charge in [0, 0.05) is 5.69 Å². The van der Waals surface area contributed by atoms with Crippen LogP contribution in [-0.2, 0) is 19.7 Å². The van der Waals surface area contributed by atoms with Crippen molar-refractivity contribution in [3.63, 3.8) is 0 Å². The number of benzene rings is 1. The molecule has 0 spiro atoms. The van der Waals surface area contributed by atoms with Gasteiger partial charge in [-0.3, -0.25) is 4.79 Å². The van der Waals surface area contributed by atoms with Crippen molar-refractivity contribution in [3.8, 4) is 0 Å². The minimum Gasteiger partial charge on any atom is -0.468 e. The Morgan fingerprint density at radius 3 is 2.50 bits per heavy atom. The molecule has 5 nitrogen and oxygen atoms in total. The van der Waals surface area contributed by atoms with Crippen molar-refractivity contribution in [2.24, 2.45) is 0 Å². The number of methoxy groups -OCH3 is 1. The van der Waals surface area contributed by atoms with Crippen molar-refractivity contribution >= 4 is 17.6 Å². The predicted octanol–water partition coefficient (Wildman–Crippen LogP) is 2.29. The van der Waals surface area contributed by atoms with Crippen molar-refractivity contribution < 1.29 is 19.1 Å². The molecule has 0 aromatic heterocycles. The van der Waals surface area contributed by atoms with Gasteiger partial charge in [0.1, 0.15) is 0 Å². The molecule has 20 heavy (non-hydrogen) atoms. The molecule has 0 aliphatic carbocycles. The molecule has 0 aliphatic heterocycles. The molecule has 0 fully saturated rings. The first-order valence-electron chi connectivity index (χ1n) is 6.50. The van der Waals surface area contributed by atoms with E-state index in [1.165, 1.54) is 7.11 Å². The van der Waals surface area contributed by atoms with Gasteiger partial charge in [0.15, 0.2) is 0 Å². The Hall–Kier alpha value is -2.04. The van der Waals surface area contributed by atoms with Crippen LogP contribution >= 0.6 is 0 Å². The van der Waals surface area contributed by atoms with E-state index in [1.807, 2.05) is 6.92 Å². The van der Waals surface area contributed by atoms with Crippen LogP contribution in [0.3, 0.4) is 0 Å². The van der Waals surface area contributed by atoms with Crippen LogP contribution in [0.25, 0.3) is 0 Å². The van der Waals surface area contributed by atoms with Crippen molar-refractivity contribution in [1.82, 2.24) is 0 Å². The molecule has 0 aliphatic rings. The van der Waals surface area contributed by atoms with Gasteiger partial charge in [-0.05, 0) is 38.0 Å². The number of carbonyl (C=O) groups excluding carboxylic acids is 2. The van der Waals surface area contributed by atoms with Gasteiger partial charge in [-0.25, -0.2) is 4.79 Å². The fourth-order valence-electron chi connectivity index (χ4n) is 1.77. The Morgan fingerprint density at radius 1 is 1.30 bits per heavy atom. The molecular weight excluding hydrogens is 258 g/mol. The molecule has 0 unspecified atom stereocenters. The lowest BCUT2D eigenvalue weighted by Gasteiger charge is -2.22. The summed E-state index contributed by atoms with van der Waals surface area (Å²) in [4.78, 5) is 23.7. The number of nitrogen functional groups attached to an aromatic ring is 1. The molecule has 1 rings (SSSR count). The van der Waals surface area contributed by atoms with E-state index in [0.29, 0.717) is 17.9 Å². The molecule has 0 amide bonds. The molecule has 0 radical (unpaired) electrons. The molecule has 110 valence electrons. The van der Waals surface area contributed by atoms with Crippen LogP contribution < -0.4 is 5.73 Å². The van der Waals surface area contributed by atoms with Gasteiger partial charge >= 0.3 is 11.9 Å². The van der Waals surface area contributed by atoms with E-state index in [-0.39, 0.29) is 11.5 Å². The average Bonchev–Trinajstić information content (AvgIpc) is 2.43. The smallest absolute Gasteiger partial charge is 0.340 e. The lowest BCUT2D eigenvalue weighted by Crippen LogP contribution is -2.30. The highest BCUT2D eigenvalue weighted by Gasteiger charge is 2.31. The van der Waals surface area contributed by atoms with Crippen LogP contribution in [0.4, 0.5) is 5.69 Å². The summed E-state index contributed by atoms with van der Waals surface area (Å²) >= 11 is 0. The fourth-order valence-corrected chi connectivity index (χ4v) is 1.77. The first kappa shape index (κ1) is 16.0. The number of rotatable bonds is 5. The van der Waals surface area contributed by atoms with Crippen LogP contribution in [0.5, 0.6) is 0 Å². The van der Waals surface area contributed by atoms with Crippen LogP contribution in [0, 0.1) is 0 Å². The molecule has 1 aromatic rings. The third-order valence-electron chi connectivity index (χ3n) is 3.13. The van der Waals surface area contributed by atoms with Crippen molar-refractivity contribution in [2.75, 3.05) is 19.5 Å². The zero-order chi connectivity index (χ0) is 15.3. The summed E-state index contributed by atoms with van der Waals surface area (Å²) in [5.41, 5.74) is 6.19. The number of carbonyl (C=O) groups is 2. The molecule has 0 bridgehead atoms. The molecular formula is C15H21NO4. The van der Waals surface area contributed by atoms with Gasteiger partial charge < -0.3 is 15.2 Å². The Morgan fingerprint density at radius 2 is 1.95 bits per heavy atom. The van der Waals surface area contributed by atoms with Gasteiger partial charge in [0.2, 0.25) is 0 Å². The topological polar surface area (TPSA) is 78.6 Å². The van der Waals surface area contributed by atoms with Gasteiger partial charge in [-0.2, -0.15) is 0 Å². The molecule has 0 saturated carbocycles. The highest BCUT2D eigenvalue weighted by molar-refractivity contribution is 5.96. The molecule has 0 saturated heterocycles. The Balaban J connectivity index is 3.14. The molecule has 1 aromatic carbocycles. The van der Waals surface area contributed by atoms with Crippen LogP contribution in [-0.4, -0.2) is 25.7 Å². The van der Waals surface area contributed by atoms with E-state index in [4.69, 9.17) is 15.2 Å². The van der Waals surface area contributed by atoms with E-state index < -0.39 is 11.4 Å². The largest absolute Gasteiger partial charge is 0.468 e. The third kappa shape index (κ3) is 3.29. The summed E-state index contributed by atoms with van der Waals surface area (Å²) in [6.07, 6.45) is 0.735. The summed E-state index contributed by atoms with van der Waals surface area (Å²) in [5, 5.41) is 0. The van der Waals surface area contributed by atoms with E-state index in [2.05, 4.69) is 0 Å². The lowest BCUT2D eigenvalue weighted by molar-refractivity contribution is -0.146. The van der Waals surface area contributed by atoms with Gasteiger partial charge in [-0.1, -0.05) is 13.0 Å². The van der Waals surface area contributed by atoms with Gasteiger partial charge in [0.05, 0.1) is 24.7 Å². The third-order valence-corrected chi connectivity index (χ3v) is 3.13. The second-order valence-corrected chi connectivity index (χ2v) is 5.05. The van der Waals surface area contributed by atoms with E-state index in [9.17, 15) is 9.59 Å². The van der Waals surface area contributed by atoms with E-state index in [1.54, 1.807) is 32.0 Å². The van der Waals surface area contributed by atoms with Crippen LogP contribution in [0.2, 0.25) is 0 Å². The minimum absolute atomic E-state index is 0.271. The maximum absolute atomic E-state index is 11.9. The maximum atomic E-state index is 11.9. The van der Waals surface area contributed by atoms with E-state index in [0.717, 1.165) is 6.42 Å². The predicted molar refractivity (Wildman–Crippen MR) is 76.5 cm³/mol. The quantitative estimate of drug-likeness (QED) is 0.661. The standard InChI is InChI=1S/C15H21NO4/c1-5-8-20-13(17)11-9-10(6-7-12(11)16)15(2,3)14(18)19-4/h6-7,9H,5,8,16H2,1-4H3. The Kier molecular flexibility index (Phi) is 5.13. The summed E-state index contributed by atoms with van der Waals surface area (Å²) in [6, 6.07) is 4.90. The average molecular weight is 279 g/mol. The minimum atomic E-state index is -0.859. The molecule has 5 heteroatoms. The normalized spacial score (nSPS) is 11.0. The SMILES string of the molecule is CCCOC(=O)c1cc(C(C)(C)C(=O)OC)ccc1N. The van der Waals surface area contributed by atoms with Crippen molar-refractivity contribution in [3.05, 3.63) is 29.3 Å². The zero-order valence-electron chi connectivity index (χ0n) is 12.4. The van der Waals surface area contributed by atoms with Crippen LogP contribution in [0.15, 0.2) is 18.2 Å². The number of hydrogen-bond acceptors (Lipinski definition) is 5. The highest BCUT2D eigenvalue weighted by atomic mass is 16.5. The monoisotopic (exact) mass is 279 g/mol. The Labute approximate surface area is 119 Å². The fraction of sp³-hybridized carbons (Fsp3) is 0.467.